The van der Waals surface area contributed by atoms with Gasteiger partial charge in [0.1, 0.15) is 0 Å². The van der Waals surface area contributed by atoms with Crippen LogP contribution in [0.5, 0.6) is 0 Å². The Bertz CT molecular complexity index is 206. The molecular weight excluding hydrogens is 179 g/mol. The van der Waals surface area contributed by atoms with Crippen LogP contribution in [0.3, 0.4) is 0 Å². The SMILES string of the molecule is CCC(C)C1OP(=O)(O)OC1C. The van der Waals surface area contributed by atoms with Gasteiger partial charge in [0.05, 0.1) is 12.2 Å². The summed E-state index contributed by atoms with van der Waals surface area (Å²) in [6.07, 6.45) is 0.389. The van der Waals surface area contributed by atoms with E-state index in [0.717, 1.165) is 6.42 Å². The van der Waals surface area contributed by atoms with E-state index < -0.39 is 7.82 Å². The monoisotopic (exact) mass is 194 g/mol. The third-order valence-corrected chi connectivity index (χ3v) is 3.33. The molecule has 72 valence electrons. The van der Waals surface area contributed by atoms with E-state index in [4.69, 9.17) is 13.9 Å². The van der Waals surface area contributed by atoms with Crippen molar-refractivity contribution in [2.75, 3.05) is 0 Å². The Kier molecular flexibility index (Phi) is 2.94. The Morgan fingerprint density at radius 3 is 2.50 bits per heavy atom. The minimum atomic E-state index is -3.72. The van der Waals surface area contributed by atoms with Gasteiger partial charge in [0.25, 0.3) is 0 Å². The fourth-order valence-electron chi connectivity index (χ4n) is 1.33. The predicted octanol–water partition coefficient (Wildman–Crippen LogP) is 1.94. The van der Waals surface area contributed by atoms with Crippen molar-refractivity contribution in [2.24, 2.45) is 5.92 Å². The second-order valence-corrected chi connectivity index (χ2v) is 4.59. The molecule has 5 heteroatoms. The van der Waals surface area contributed by atoms with Crippen molar-refractivity contribution in [2.45, 2.75) is 39.4 Å². The van der Waals surface area contributed by atoms with Crippen LogP contribution >= 0.6 is 7.82 Å². The first-order chi connectivity index (χ1) is 5.46. The van der Waals surface area contributed by atoms with E-state index in [1.807, 2.05) is 13.8 Å². The minimum Gasteiger partial charge on any atom is -0.302 e. The van der Waals surface area contributed by atoms with E-state index in [0.29, 0.717) is 0 Å². The Hall–Kier alpha value is 0.110. The molecule has 0 aromatic heterocycles. The normalized spacial score (nSPS) is 44.7. The highest BCUT2D eigenvalue weighted by Crippen LogP contribution is 2.54. The van der Waals surface area contributed by atoms with Gasteiger partial charge in [-0.15, -0.1) is 0 Å². The molecule has 4 unspecified atom stereocenters. The summed E-state index contributed by atoms with van der Waals surface area (Å²) in [5.74, 6) is 0.253. The van der Waals surface area contributed by atoms with Crippen molar-refractivity contribution in [1.29, 1.82) is 0 Å². The summed E-state index contributed by atoms with van der Waals surface area (Å²) < 4.78 is 20.6. The molecule has 1 saturated heterocycles. The molecule has 0 aromatic rings. The molecule has 1 N–H and O–H groups in total. The van der Waals surface area contributed by atoms with Crippen LogP contribution in [0.1, 0.15) is 27.2 Å². The van der Waals surface area contributed by atoms with Gasteiger partial charge in [-0.1, -0.05) is 20.3 Å². The highest BCUT2D eigenvalue weighted by molar-refractivity contribution is 7.47. The summed E-state index contributed by atoms with van der Waals surface area (Å²) in [5.41, 5.74) is 0. The van der Waals surface area contributed by atoms with Gasteiger partial charge in [-0.05, 0) is 12.8 Å². The fourth-order valence-corrected chi connectivity index (χ4v) is 2.61. The molecule has 0 saturated carbocycles. The topological polar surface area (TPSA) is 55.8 Å². The van der Waals surface area contributed by atoms with Gasteiger partial charge in [-0.3, -0.25) is 9.05 Å². The summed E-state index contributed by atoms with van der Waals surface area (Å²) in [5, 5.41) is 0. The molecule has 4 atom stereocenters. The molecular formula is C7H15O4P. The van der Waals surface area contributed by atoms with Crippen LogP contribution in [0.2, 0.25) is 0 Å². The molecule has 1 fully saturated rings. The van der Waals surface area contributed by atoms with E-state index in [2.05, 4.69) is 0 Å². The highest BCUT2D eigenvalue weighted by Gasteiger charge is 2.43. The van der Waals surface area contributed by atoms with Crippen molar-refractivity contribution in [3.8, 4) is 0 Å². The second-order valence-electron chi connectivity index (χ2n) is 3.23. The molecule has 1 aliphatic rings. The van der Waals surface area contributed by atoms with E-state index in [1.165, 1.54) is 0 Å². The fraction of sp³-hybridized carbons (Fsp3) is 1.00. The zero-order valence-electron chi connectivity index (χ0n) is 7.56. The molecule has 0 aliphatic carbocycles. The van der Waals surface area contributed by atoms with E-state index >= 15 is 0 Å². The Labute approximate surface area is 72.5 Å². The lowest BCUT2D eigenvalue weighted by molar-refractivity contribution is 0.115. The van der Waals surface area contributed by atoms with Crippen LogP contribution in [0.4, 0.5) is 0 Å². The van der Waals surface area contributed by atoms with Gasteiger partial charge >= 0.3 is 7.82 Å². The average Bonchev–Trinajstić information content (AvgIpc) is 2.23. The Morgan fingerprint density at radius 2 is 2.17 bits per heavy atom. The van der Waals surface area contributed by atoms with Gasteiger partial charge in [-0.25, -0.2) is 4.57 Å². The Balaban J connectivity index is 2.64. The van der Waals surface area contributed by atoms with E-state index in [9.17, 15) is 4.57 Å². The molecule has 0 spiro atoms. The van der Waals surface area contributed by atoms with Crippen molar-refractivity contribution in [1.82, 2.24) is 0 Å². The van der Waals surface area contributed by atoms with Crippen molar-refractivity contribution >= 4 is 7.82 Å². The molecule has 1 aliphatic heterocycles. The van der Waals surface area contributed by atoms with Gasteiger partial charge in [-0.2, -0.15) is 0 Å². The van der Waals surface area contributed by atoms with Crippen LogP contribution in [0, 0.1) is 5.92 Å². The minimum absolute atomic E-state index is 0.245. The van der Waals surface area contributed by atoms with Gasteiger partial charge in [0.15, 0.2) is 0 Å². The quantitative estimate of drug-likeness (QED) is 0.682. The largest absolute Gasteiger partial charge is 0.472 e. The zero-order valence-corrected chi connectivity index (χ0v) is 8.45. The van der Waals surface area contributed by atoms with Gasteiger partial charge in [0.2, 0.25) is 0 Å². The van der Waals surface area contributed by atoms with E-state index in [-0.39, 0.29) is 18.1 Å². The molecule has 12 heavy (non-hydrogen) atoms. The summed E-state index contributed by atoms with van der Waals surface area (Å²) >= 11 is 0. The second kappa shape index (κ2) is 3.46. The number of hydrogen-bond donors (Lipinski definition) is 1. The summed E-state index contributed by atoms with van der Waals surface area (Å²) in [4.78, 5) is 8.99. The number of phosphoric acid groups is 1. The third-order valence-electron chi connectivity index (χ3n) is 2.22. The maximum absolute atomic E-state index is 11.0. The molecule has 4 nitrogen and oxygen atoms in total. The van der Waals surface area contributed by atoms with Crippen LogP contribution in [0.15, 0.2) is 0 Å². The van der Waals surface area contributed by atoms with Crippen LogP contribution in [0.25, 0.3) is 0 Å². The molecule has 1 heterocycles. The van der Waals surface area contributed by atoms with Crippen LogP contribution in [-0.4, -0.2) is 17.1 Å². The van der Waals surface area contributed by atoms with Crippen LogP contribution in [-0.2, 0) is 13.6 Å². The average molecular weight is 194 g/mol. The maximum atomic E-state index is 11.0. The molecule has 0 radical (unpaired) electrons. The van der Waals surface area contributed by atoms with Gasteiger partial charge < -0.3 is 4.89 Å². The maximum Gasteiger partial charge on any atom is 0.472 e. The molecule has 0 amide bonds. The summed E-state index contributed by atoms with van der Waals surface area (Å²) in [6.45, 7) is 5.75. The standard InChI is InChI=1S/C7H15O4P/c1-4-5(2)7-6(3)10-12(8,9)11-7/h5-7H,4H2,1-3H3,(H,8,9). The van der Waals surface area contributed by atoms with Crippen LogP contribution < -0.4 is 0 Å². The first-order valence-corrected chi connectivity index (χ1v) is 5.65. The zero-order chi connectivity index (χ0) is 9.35. The molecule has 0 bridgehead atoms. The predicted molar refractivity (Wildman–Crippen MR) is 44.7 cm³/mol. The first kappa shape index (κ1) is 10.2. The van der Waals surface area contributed by atoms with Crippen molar-refractivity contribution in [3.05, 3.63) is 0 Å². The number of hydrogen-bond acceptors (Lipinski definition) is 3. The van der Waals surface area contributed by atoms with Crippen molar-refractivity contribution in [3.63, 3.8) is 0 Å². The summed E-state index contributed by atoms with van der Waals surface area (Å²) in [6, 6.07) is 0. The number of phosphoric ester groups is 1. The first-order valence-electron chi connectivity index (χ1n) is 4.16. The van der Waals surface area contributed by atoms with E-state index in [1.54, 1.807) is 6.92 Å². The smallest absolute Gasteiger partial charge is 0.302 e. The lowest BCUT2D eigenvalue weighted by atomic mass is 9.98. The Morgan fingerprint density at radius 1 is 1.58 bits per heavy atom. The van der Waals surface area contributed by atoms with Gasteiger partial charge in [0, 0.05) is 0 Å². The lowest BCUT2D eigenvalue weighted by Gasteiger charge is -2.17. The van der Waals surface area contributed by atoms with Crippen molar-refractivity contribution < 1.29 is 18.5 Å². The lowest BCUT2D eigenvalue weighted by Crippen LogP contribution is -2.26. The highest BCUT2D eigenvalue weighted by atomic mass is 31.2. The third kappa shape index (κ3) is 2.07. The molecule has 1 rings (SSSR count). The number of rotatable bonds is 2. The molecule has 0 aromatic carbocycles. The summed E-state index contributed by atoms with van der Waals surface area (Å²) in [7, 11) is -3.72.